The first-order chi connectivity index (χ1) is 14.0. The maximum atomic E-state index is 12.5. The molecule has 0 aliphatic carbocycles. The van der Waals surface area contributed by atoms with Gasteiger partial charge in [0.25, 0.3) is 11.5 Å². The first-order valence-corrected chi connectivity index (χ1v) is 10.5. The van der Waals surface area contributed by atoms with Crippen LogP contribution >= 0.6 is 11.3 Å². The quantitative estimate of drug-likeness (QED) is 0.642. The van der Waals surface area contributed by atoms with Crippen molar-refractivity contribution in [2.75, 3.05) is 32.8 Å². The molecule has 0 unspecified atom stereocenters. The summed E-state index contributed by atoms with van der Waals surface area (Å²) in [6.45, 7) is 7.55. The lowest BCUT2D eigenvalue weighted by atomic mass is 10.1. The fourth-order valence-corrected chi connectivity index (χ4v) is 4.13. The molecule has 3 aromatic rings. The Labute approximate surface area is 173 Å². The first-order valence-electron chi connectivity index (χ1n) is 9.65. The van der Waals surface area contributed by atoms with Crippen molar-refractivity contribution in [1.29, 1.82) is 0 Å². The molecule has 1 fully saturated rings. The fraction of sp³-hybridized carbons (Fsp3) is 0.381. The number of aromatic nitrogens is 2. The minimum absolute atomic E-state index is 0.000692. The van der Waals surface area contributed by atoms with Crippen molar-refractivity contribution >= 4 is 22.2 Å². The minimum Gasteiger partial charge on any atom is -0.484 e. The van der Waals surface area contributed by atoms with Crippen LogP contribution in [0, 0.1) is 13.8 Å². The van der Waals surface area contributed by atoms with Crippen LogP contribution in [0.5, 0.6) is 5.75 Å². The summed E-state index contributed by atoms with van der Waals surface area (Å²) >= 11 is 1.45. The van der Waals surface area contributed by atoms with E-state index in [0.29, 0.717) is 24.6 Å². The smallest absolute Gasteiger partial charge is 0.260 e. The first kappa shape index (κ1) is 19.6. The van der Waals surface area contributed by atoms with Crippen LogP contribution < -0.4 is 10.3 Å². The van der Waals surface area contributed by atoms with E-state index in [9.17, 15) is 9.59 Å². The van der Waals surface area contributed by atoms with E-state index in [2.05, 4.69) is 16.8 Å². The molecule has 0 saturated carbocycles. The number of hydrogen-bond donors (Lipinski definition) is 0. The van der Waals surface area contributed by atoms with E-state index in [4.69, 9.17) is 4.74 Å². The molecular formula is C21H24N4O3S. The van der Waals surface area contributed by atoms with Gasteiger partial charge < -0.3 is 9.64 Å². The molecule has 2 aromatic heterocycles. The number of nitrogens with zero attached hydrogens (tertiary/aromatic N) is 4. The second-order valence-corrected chi connectivity index (χ2v) is 8.21. The zero-order valence-electron chi connectivity index (χ0n) is 16.6. The van der Waals surface area contributed by atoms with Gasteiger partial charge in [0.2, 0.25) is 0 Å². The molecular weight excluding hydrogens is 388 g/mol. The Kier molecular flexibility index (Phi) is 5.64. The van der Waals surface area contributed by atoms with Crippen LogP contribution in [0.1, 0.15) is 16.8 Å². The van der Waals surface area contributed by atoms with E-state index >= 15 is 0 Å². The van der Waals surface area contributed by atoms with E-state index in [0.717, 1.165) is 30.1 Å². The SMILES string of the molecule is Cc1ccc(OCC(=O)N2CCN(Cc3cc(=O)n4ccsc4n3)CC2)cc1C. The summed E-state index contributed by atoms with van der Waals surface area (Å²) in [5.41, 5.74) is 3.08. The molecule has 3 heterocycles. The summed E-state index contributed by atoms with van der Waals surface area (Å²) in [6, 6.07) is 7.45. The number of amides is 1. The molecule has 0 bridgehead atoms. The highest BCUT2D eigenvalue weighted by atomic mass is 32.1. The number of fused-ring (bicyclic) bond motifs is 1. The predicted molar refractivity (Wildman–Crippen MR) is 113 cm³/mol. The Bertz CT molecular complexity index is 1080. The van der Waals surface area contributed by atoms with Crippen LogP contribution in [0.15, 0.2) is 40.6 Å². The highest BCUT2D eigenvalue weighted by Crippen LogP contribution is 2.17. The molecule has 0 N–H and O–H groups in total. The van der Waals surface area contributed by atoms with Crippen LogP contribution in [0.2, 0.25) is 0 Å². The van der Waals surface area contributed by atoms with Crippen molar-refractivity contribution in [3.63, 3.8) is 0 Å². The Hall–Kier alpha value is -2.71. The zero-order valence-corrected chi connectivity index (χ0v) is 17.4. The van der Waals surface area contributed by atoms with E-state index < -0.39 is 0 Å². The van der Waals surface area contributed by atoms with Gasteiger partial charge in [-0.25, -0.2) is 4.98 Å². The molecule has 1 aliphatic rings. The highest BCUT2D eigenvalue weighted by molar-refractivity contribution is 7.15. The number of ether oxygens (including phenoxy) is 1. The maximum Gasteiger partial charge on any atom is 0.260 e. The standard InChI is InChI=1S/C21H24N4O3S/c1-15-3-4-18(11-16(15)2)28-14-20(27)24-7-5-23(6-8-24)13-17-12-19(26)25-9-10-29-21(25)22-17/h3-4,9-12H,5-8,13-14H2,1-2H3. The van der Waals surface area contributed by atoms with Gasteiger partial charge in [-0.2, -0.15) is 0 Å². The summed E-state index contributed by atoms with van der Waals surface area (Å²) < 4.78 is 7.23. The van der Waals surface area contributed by atoms with Crippen LogP contribution in [-0.2, 0) is 11.3 Å². The summed E-state index contributed by atoms with van der Waals surface area (Å²) in [7, 11) is 0. The molecule has 1 aliphatic heterocycles. The van der Waals surface area contributed by atoms with Crippen molar-refractivity contribution in [2.45, 2.75) is 20.4 Å². The van der Waals surface area contributed by atoms with Crippen molar-refractivity contribution in [2.24, 2.45) is 0 Å². The summed E-state index contributed by atoms with van der Waals surface area (Å²) in [5, 5.41) is 1.86. The molecule has 7 nitrogen and oxygen atoms in total. The van der Waals surface area contributed by atoms with Crippen molar-refractivity contribution in [3.05, 3.63) is 63.0 Å². The molecule has 0 spiro atoms. The van der Waals surface area contributed by atoms with E-state index in [1.807, 2.05) is 35.4 Å². The van der Waals surface area contributed by atoms with Crippen molar-refractivity contribution in [3.8, 4) is 5.75 Å². The molecule has 4 rings (SSSR count). The maximum absolute atomic E-state index is 12.5. The molecule has 1 aromatic carbocycles. The number of thiazole rings is 1. The average Bonchev–Trinajstić information content (AvgIpc) is 3.18. The summed E-state index contributed by atoms with van der Waals surface area (Å²) in [6.07, 6.45) is 1.74. The monoisotopic (exact) mass is 412 g/mol. The predicted octanol–water partition coefficient (Wildman–Crippen LogP) is 2.10. The number of carbonyl (C=O) groups excluding carboxylic acids is 1. The Morgan fingerprint density at radius 3 is 2.69 bits per heavy atom. The van der Waals surface area contributed by atoms with E-state index in [-0.39, 0.29) is 18.1 Å². The average molecular weight is 413 g/mol. The van der Waals surface area contributed by atoms with Gasteiger partial charge >= 0.3 is 0 Å². The van der Waals surface area contributed by atoms with Gasteiger partial charge in [0, 0.05) is 50.4 Å². The van der Waals surface area contributed by atoms with Gasteiger partial charge in [-0.3, -0.25) is 18.9 Å². The number of hydrogen-bond acceptors (Lipinski definition) is 6. The minimum atomic E-state index is -0.0523. The lowest BCUT2D eigenvalue weighted by Crippen LogP contribution is -2.49. The number of piperazine rings is 1. The largest absolute Gasteiger partial charge is 0.484 e. The summed E-state index contributed by atoms with van der Waals surface area (Å²) in [4.78, 5) is 33.9. The van der Waals surface area contributed by atoms with Gasteiger partial charge in [0.15, 0.2) is 11.6 Å². The topological polar surface area (TPSA) is 67.2 Å². The molecule has 29 heavy (non-hydrogen) atoms. The molecule has 1 amide bonds. The lowest BCUT2D eigenvalue weighted by Gasteiger charge is -2.34. The molecule has 0 radical (unpaired) electrons. The second-order valence-electron chi connectivity index (χ2n) is 7.33. The summed E-state index contributed by atoms with van der Waals surface area (Å²) in [5.74, 6) is 0.723. The Morgan fingerprint density at radius 2 is 1.93 bits per heavy atom. The van der Waals surface area contributed by atoms with Crippen molar-refractivity contribution < 1.29 is 9.53 Å². The van der Waals surface area contributed by atoms with Crippen LogP contribution in [-0.4, -0.2) is 57.9 Å². The third kappa shape index (κ3) is 4.49. The second kappa shape index (κ2) is 8.34. The molecule has 152 valence electrons. The normalized spacial score (nSPS) is 15.0. The highest BCUT2D eigenvalue weighted by Gasteiger charge is 2.22. The van der Waals surface area contributed by atoms with Gasteiger partial charge in [0.1, 0.15) is 5.75 Å². The Morgan fingerprint density at radius 1 is 1.14 bits per heavy atom. The van der Waals surface area contributed by atoms with Crippen molar-refractivity contribution in [1.82, 2.24) is 19.2 Å². The van der Waals surface area contributed by atoms with E-state index in [1.165, 1.54) is 16.9 Å². The molecule has 8 heteroatoms. The van der Waals surface area contributed by atoms with Crippen LogP contribution in [0.4, 0.5) is 0 Å². The zero-order chi connectivity index (χ0) is 20.4. The van der Waals surface area contributed by atoms with Gasteiger partial charge in [0.05, 0.1) is 5.69 Å². The van der Waals surface area contributed by atoms with Crippen LogP contribution in [0.25, 0.3) is 4.96 Å². The van der Waals surface area contributed by atoms with Gasteiger partial charge in [-0.05, 0) is 37.1 Å². The molecule has 1 saturated heterocycles. The number of aryl methyl sites for hydroxylation is 2. The fourth-order valence-electron chi connectivity index (χ4n) is 3.39. The number of benzene rings is 1. The molecule has 0 atom stereocenters. The lowest BCUT2D eigenvalue weighted by molar-refractivity contribution is -0.135. The van der Waals surface area contributed by atoms with Gasteiger partial charge in [-0.15, -0.1) is 11.3 Å². The van der Waals surface area contributed by atoms with Gasteiger partial charge in [-0.1, -0.05) is 6.07 Å². The Balaban J connectivity index is 1.28. The third-order valence-electron chi connectivity index (χ3n) is 5.31. The third-order valence-corrected chi connectivity index (χ3v) is 6.06. The van der Waals surface area contributed by atoms with E-state index in [1.54, 1.807) is 16.7 Å². The number of carbonyl (C=O) groups is 1. The number of rotatable bonds is 5. The van der Waals surface area contributed by atoms with Crippen LogP contribution in [0.3, 0.4) is 0 Å².